The SMILES string of the molecule is N[C@@H](CS)C(=O)[O-].N[C@@H](CS)C(=O)[O-].N[C@@H](CS)C(=O)[O-].O.O.O.[Au+3].[Au+3].[Cl-].[Cl-].[Cl-]. The molecule has 0 fully saturated rings. The molecule has 12 nitrogen and oxygen atoms in total. The predicted molar refractivity (Wildman–Crippen MR) is 91.3 cm³/mol. The van der Waals surface area contributed by atoms with Gasteiger partial charge in [0, 0.05) is 17.3 Å². The van der Waals surface area contributed by atoms with E-state index in [2.05, 4.69) is 37.9 Å². The Balaban J connectivity index is -0.0000000164. The Labute approximate surface area is 234 Å². The molecule has 0 aromatic rings. The summed E-state index contributed by atoms with van der Waals surface area (Å²) in [6.07, 6.45) is 0. The van der Waals surface area contributed by atoms with E-state index < -0.39 is 36.0 Å². The van der Waals surface area contributed by atoms with Crippen LogP contribution in [0.3, 0.4) is 0 Å². The molecule has 0 aliphatic carbocycles. The van der Waals surface area contributed by atoms with E-state index in [0.717, 1.165) is 0 Å². The van der Waals surface area contributed by atoms with E-state index in [-0.39, 0.29) is 116 Å². The number of nitrogens with two attached hydrogens (primary N) is 3. The van der Waals surface area contributed by atoms with E-state index in [1.54, 1.807) is 0 Å². The molecule has 0 rings (SSSR count). The summed E-state index contributed by atoms with van der Waals surface area (Å²) in [6, 6.07) is -2.78. The van der Waals surface area contributed by atoms with Gasteiger partial charge in [-0.2, -0.15) is 37.9 Å². The summed E-state index contributed by atoms with van der Waals surface area (Å²) >= 11 is 10.8. The molecule has 0 aromatic carbocycles. The summed E-state index contributed by atoms with van der Waals surface area (Å²) in [4.78, 5) is 28.9. The van der Waals surface area contributed by atoms with Crippen LogP contribution in [0.15, 0.2) is 0 Å². The first kappa shape index (κ1) is 69.8. The average Bonchev–Trinajstić information content (AvgIpc) is 2.45. The fourth-order valence-corrected chi connectivity index (χ4v) is 0.671. The zero-order valence-corrected chi connectivity index (χ0v) is 23.4. The van der Waals surface area contributed by atoms with E-state index >= 15 is 0 Å². The maximum atomic E-state index is 9.65. The molecule has 12 N–H and O–H groups in total. The minimum absolute atomic E-state index is 0. The third-order valence-corrected chi connectivity index (χ3v) is 2.68. The quantitative estimate of drug-likeness (QED) is 0.109. The molecule has 29 heavy (non-hydrogen) atoms. The molecule has 0 saturated heterocycles. The van der Waals surface area contributed by atoms with Gasteiger partial charge in [-0.25, -0.2) is 0 Å². The predicted octanol–water partition coefficient (Wildman–Crippen LogP) is -17.5. The largest absolute Gasteiger partial charge is 3.00 e. The van der Waals surface area contributed by atoms with Crippen molar-refractivity contribution in [1.82, 2.24) is 0 Å². The Morgan fingerprint density at radius 3 is 0.690 bits per heavy atom. The topological polar surface area (TPSA) is 293 Å². The van der Waals surface area contributed by atoms with Crippen LogP contribution in [0.25, 0.3) is 0 Å². The first-order valence-electron chi connectivity index (χ1n) is 5.26. The van der Waals surface area contributed by atoms with Gasteiger partial charge in [0.15, 0.2) is 0 Å². The van der Waals surface area contributed by atoms with E-state index in [0.29, 0.717) is 0 Å². The van der Waals surface area contributed by atoms with Crippen molar-refractivity contribution < 1.29 is 128 Å². The normalized spacial score (nSPS) is 9.72. The second kappa shape index (κ2) is 47.4. The summed E-state index contributed by atoms with van der Waals surface area (Å²) in [5.41, 5.74) is 14.6. The number of hydrogen-bond donors (Lipinski definition) is 6. The maximum absolute atomic E-state index is 9.65. The number of rotatable bonds is 6. The number of thiol groups is 3. The Bertz CT molecular complexity index is 302. The standard InChI is InChI=1S/3C3H7NO2S.2Au.3ClH.3H2O/c3*4-2(1-7)3(5)6;;;;;;;;/h3*2,7H,1,4H2,(H,5,6);;;3*1H;3*1H2/q;;;2*+3;;;;;;/p-6/t3*2-;;;;;;;;/m000......../s1. The van der Waals surface area contributed by atoms with Gasteiger partial charge >= 0.3 is 44.8 Å². The minimum atomic E-state index is -1.25. The summed E-state index contributed by atoms with van der Waals surface area (Å²) in [5, 5.41) is 28.9. The van der Waals surface area contributed by atoms with Crippen molar-refractivity contribution in [2.45, 2.75) is 18.1 Å². The Morgan fingerprint density at radius 2 is 0.690 bits per heavy atom. The third kappa shape index (κ3) is 58.7. The number of carbonyl (C=O) groups excluding carboxylic acids is 3. The second-order valence-corrected chi connectivity index (χ2v) is 4.42. The molecule has 0 unspecified atom stereocenters. The number of aliphatic carboxylic acids is 3. The van der Waals surface area contributed by atoms with Gasteiger partial charge in [-0.05, 0) is 0 Å². The van der Waals surface area contributed by atoms with E-state index in [1.165, 1.54) is 0 Å². The summed E-state index contributed by atoms with van der Waals surface area (Å²) < 4.78 is 0. The van der Waals surface area contributed by atoms with Gasteiger partial charge in [-0.15, -0.1) is 0 Å². The van der Waals surface area contributed by atoms with E-state index in [9.17, 15) is 29.7 Å². The van der Waals surface area contributed by atoms with Crippen LogP contribution in [-0.4, -0.2) is 69.7 Å². The van der Waals surface area contributed by atoms with Gasteiger partial charge in [-0.3, -0.25) is 0 Å². The Morgan fingerprint density at radius 1 is 0.586 bits per heavy atom. The van der Waals surface area contributed by atoms with Gasteiger partial charge in [0.25, 0.3) is 0 Å². The van der Waals surface area contributed by atoms with E-state index in [1.807, 2.05) is 0 Å². The first-order chi connectivity index (χ1) is 9.54. The molecule has 0 amide bonds. The van der Waals surface area contributed by atoms with Gasteiger partial charge in [0.2, 0.25) is 0 Å². The number of halogens is 3. The van der Waals surface area contributed by atoms with Crippen molar-refractivity contribution in [3.8, 4) is 0 Å². The molecular weight excluding hydrogens is 891 g/mol. The maximum Gasteiger partial charge on any atom is 3.00 e. The van der Waals surface area contributed by atoms with Gasteiger partial charge in [-0.1, -0.05) is 0 Å². The van der Waals surface area contributed by atoms with Gasteiger partial charge < -0.3 is 101 Å². The smallest absolute Gasteiger partial charge is 1.00 e. The molecule has 0 saturated carbocycles. The minimum Gasteiger partial charge on any atom is -1.00 e. The third-order valence-electron chi connectivity index (χ3n) is 1.50. The molecule has 0 aliphatic rings. The number of carboxylic acid groups (broad SMARTS) is 3. The summed E-state index contributed by atoms with van der Waals surface area (Å²) in [6.45, 7) is 0. The van der Waals surface area contributed by atoms with Crippen molar-refractivity contribution in [2.75, 3.05) is 17.3 Å². The molecule has 0 radical (unpaired) electrons. The van der Waals surface area contributed by atoms with Crippen molar-refractivity contribution in [3.05, 3.63) is 0 Å². The van der Waals surface area contributed by atoms with Gasteiger partial charge in [0.05, 0.1) is 36.0 Å². The molecule has 20 heteroatoms. The molecular formula is C9H24Au2Cl3N3O9S3. The monoisotopic (exact) mass is 913 g/mol. The van der Waals surface area contributed by atoms with Crippen LogP contribution < -0.4 is 69.7 Å². The molecule has 0 heterocycles. The number of carboxylic acids is 3. The molecule has 0 spiro atoms. The first-order valence-corrected chi connectivity index (χ1v) is 7.16. The number of carbonyl (C=O) groups is 3. The van der Waals surface area contributed by atoms with Crippen molar-refractivity contribution in [2.24, 2.45) is 17.2 Å². The van der Waals surface area contributed by atoms with Crippen molar-refractivity contribution in [3.63, 3.8) is 0 Å². The summed E-state index contributed by atoms with van der Waals surface area (Å²) in [7, 11) is 0. The molecule has 0 aliphatic heterocycles. The van der Waals surface area contributed by atoms with Crippen LogP contribution >= 0.6 is 37.9 Å². The fourth-order valence-electron chi connectivity index (χ4n) is 0.224. The van der Waals surface area contributed by atoms with Crippen LogP contribution in [0.1, 0.15) is 0 Å². The van der Waals surface area contributed by atoms with Crippen LogP contribution in [0.2, 0.25) is 0 Å². The zero-order valence-electron chi connectivity index (χ0n) is 14.1. The molecule has 0 bridgehead atoms. The fraction of sp³-hybridized carbons (Fsp3) is 0.667. The van der Waals surface area contributed by atoms with Gasteiger partial charge in [0.1, 0.15) is 0 Å². The molecule has 190 valence electrons. The zero-order chi connectivity index (χ0) is 17.6. The Kier molecular flexibility index (Phi) is 114. The molecule has 3 atom stereocenters. The van der Waals surface area contributed by atoms with Crippen LogP contribution in [-0.2, 0) is 59.1 Å². The second-order valence-electron chi connectivity index (χ2n) is 3.32. The average molecular weight is 915 g/mol. The molecule has 0 aromatic heterocycles. The van der Waals surface area contributed by atoms with Crippen LogP contribution in [0.4, 0.5) is 0 Å². The van der Waals surface area contributed by atoms with Crippen LogP contribution in [0, 0.1) is 0 Å². The Hall–Kier alpha value is 1.57. The number of hydrogen-bond acceptors (Lipinski definition) is 12. The van der Waals surface area contributed by atoms with Crippen molar-refractivity contribution >= 4 is 55.8 Å². The van der Waals surface area contributed by atoms with E-state index in [4.69, 9.17) is 17.2 Å². The van der Waals surface area contributed by atoms with Crippen LogP contribution in [0.5, 0.6) is 0 Å². The summed E-state index contributed by atoms with van der Waals surface area (Å²) in [5.74, 6) is -3.38. The van der Waals surface area contributed by atoms with Crippen molar-refractivity contribution in [1.29, 1.82) is 0 Å².